The second-order valence-corrected chi connectivity index (χ2v) is 9.30. The van der Waals surface area contributed by atoms with Gasteiger partial charge in [0.15, 0.2) is 17.6 Å². The predicted molar refractivity (Wildman–Crippen MR) is 144 cm³/mol. The van der Waals surface area contributed by atoms with Crippen LogP contribution in [-0.2, 0) is 9.53 Å². The first-order valence-electron chi connectivity index (χ1n) is 12.0. The Kier molecular flexibility index (Phi) is 10.8. The smallest absolute Gasteiger partial charge is 0.254 e. The molecule has 0 spiro atoms. The van der Waals surface area contributed by atoms with Crippen LogP contribution in [0.5, 0.6) is 11.5 Å². The van der Waals surface area contributed by atoms with Crippen LogP contribution in [0.4, 0.5) is 0 Å². The Morgan fingerprint density at radius 1 is 1.08 bits per heavy atom. The average molecular weight is 528 g/mol. The van der Waals surface area contributed by atoms with Crippen LogP contribution in [0.15, 0.2) is 36.4 Å². The number of hydrogen-bond acceptors (Lipinski definition) is 4. The lowest BCUT2D eigenvalue weighted by Gasteiger charge is -2.34. The molecule has 1 fully saturated rings. The van der Waals surface area contributed by atoms with Gasteiger partial charge in [-0.2, -0.15) is 0 Å². The van der Waals surface area contributed by atoms with Crippen molar-refractivity contribution in [2.75, 3.05) is 20.3 Å². The largest absolute Gasteiger partial charge is 0.493 e. The van der Waals surface area contributed by atoms with Gasteiger partial charge in [-0.3, -0.25) is 4.79 Å². The van der Waals surface area contributed by atoms with Gasteiger partial charge < -0.3 is 19.5 Å². The van der Waals surface area contributed by atoms with E-state index in [4.69, 9.17) is 43.8 Å². The lowest BCUT2D eigenvalue weighted by molar-refractivity contribution is -0.133. The van der Waals surface area contributed by atoms with Crippen molar-refractivity contribution in [2.45, 2.75) is 57.1 Å². The lowest BCUT2D eigenvalue weighted by atomic mass is 9.79. The summed E-state index contributed by atoms with van der Waals surface area (Å²) < 4.78 is 17.1. The topological polar surface area (TPSA) is 56.8 Å². The summed E-state index contributed by atoms with van der Waals surface area (Å²) in [6, 6.07) is 10.9. The SMILES string of the molecule is C#CCOC(C(=O)NC1CCCCC1c1ccc(OCC#CCC)c(OC)c1)c1ccc(Cl)c(Cl)c1. The van der Waals surface area contributed by atoms with E-state index in [1.54, 1.807) is 25.3 Å². The molecule has 3 unspecified atom stereocenters. The number of rotatable bonds is 9. The van der Waals surface area contributed by atoms with Crippen LogP contribution >= 0.6 is 23.2 Å². The highest BCUT2D eigenvalue weighted by Crippen LogP contribution is 2.38. The second-order valence-electron chi connectivity index (χ2n) is 8.48. The maximum Gasteiger partial charge on any atom is 0.254 e. The summed E-state index contributed by atoms with van der Waals surface area (Å²) in [4.78, 5) is 13.4. The number of carbonyl (C=O) groups is 1. The number of halogens is 2. The van der Waals surface area contributed by atoms with Crippen molar-refractivity contribution in [3.05, 3.63) is 57.6 Å². The summed E-state index contributed by atoms with van der Waals surface area (Å²) in [7, 11) is 1.62. The van der Waals surface area contributed by atoms with Crippen molar-refractivity contribution in [3.63, 3.8) is 0 Å². The van der Waals surface area contributed by atoms with Crippen LogP contribution < -0.4 is 14.8 Å². The molecule has 36 heavy (non-hydrogen) atoms. The van der Waals surface area contributed by atoms with Crippen molar-refractivity contribution < 1.29 is 19.0 Å². The molecule has 0 aromatic heterocycles. The van der Waals surface area contributed by atoms with E-state index in [1.807, 2.05) is 25.1 Å². The number of hydrogen-bond donors (Lipinski definition) is 1. The van der Waals surface area contributed by atoms with Crippen LogP contribution in [0.1, 0.15) is 62.2 Å². The molecule has 0 saturated heterocycles. The van der Waals surface area contributed by atoms with Crippen LogP contribution in [0, 0.1) is 24.2 Å². The van der Waals surface area contributed by atoms with Crippen LogP contribution in [0.3, 0.4) is 0 Å². The Hall–Kier alpha value is -2.83. The third kappa shape index (κ3) is 7.34. The molecule has 190 valence electrons. The standard InChI is InChI=1S/C29H31Cl2NO4/c1-4-6-9-17-35-26-15-13-20(19-27(26)34-3)22-10-7-8-11-25(22)32-29(33)28(36-16-5-2)21-12-14-23(30)24(31)18-21/h2,12-15,18-19,22,25,28H,4,7-8,10-11,16-17H2,1,3H3,(H,32,33). The first-order valence-corrected chi connectivity index (χ1v) is 12.8. The fourth-order valence-corrected chi connectivity index (χ4v) is 4.72. The molecule has 7 heteroatoms. The summed E-state index contributed by atoms with van der Waals surface area (Å²) in [5, 5.41) is 3.96. The zero-order valence-electron chi connectivity index (χ0n) is 20.6. The van der Waals surface area contributed by atoms with E-state index < -0.39 is 6.10 Å². The van der Waals surface area contributed by atoms with E-state index in [1.165, 1.54) is 0 Å². The fraction of sp³-hybridized carbons (Fsp3) is 0.414. The zero-order valence-corrected chi connectivity index (χ0v) is 22.1. The van der Waals surface area contributed by atoms with Crippen molar-refractivity contribution >= 4 is 29.1 Å². The molecule has 1 aliphatic carbocycles. The molecule has 0 heterocycles. The highest BCUT2D eigenvalue weighted by molar-refractivity contribution is 6.42. The Morgan fingerprint density at radius 2 is 1.89 bits per heavy atom. The number of amides is 1. The van der Waals surface area contributed by atoms with Gasteiger partial charge >= 0.3 is 0 Å². The molecule has 3 atom stereocenters. The fourth-order valence-electron chi connectivity index (χ4n) is 4.42. The van der Waals surface area contributed by atoms with Gasteiger partial charge in [-0.15, -0.1) is 12.3 Å². The lowest BCUT2D eigenvalue weighted by Crippen LogP contribution is -2.43. The van der Waals surface area contributed by atoms with Gasteiger partial charge in [0.25, 0.3) is 5.91 Å². The van der Waals surface area contributed by atoms with Crippen LogP contribution in [0.2, 0.25) is 10.0 Å². The molecule has 2 aromatic rings. The molecule has 0 radical (unpaired) electrons. The number of nitrogens with one attached hydrogen (secondary N) is 1. The molecular weight excluding hydrogens is 497 g/mol. The number of terminal acetylenes is 1. The van der Waals surface area contributed by atoms with Crippen molar-refractivity contribution in [1.82, 2.24) is 5.32 Å². The van der Waals surface area contributed by atoms with Gasteiger partial charge in [0.05, 0.1) is 17.2 Å². The summed E-state index contributed by atoms with van der Waals surface area (Å²) >= 11 is 12.2. The normalized spacial score (nSPS) is 17.8. The third-order valence-corrected chi connectivity index (χ3v) is 6.87. The Balaban J connectivity index is 1.80. The molecule has 3 rings (SSSR count). The van der Waals surface area contributed by atoms with Crippen molar-refractivity contribution in [1.29, 1.82) is 0 Å². The summed E-state index contributed by atoms with van der Waals surface area (Å²) in [6.07, 6.45) is 9.18. The third-order valence-electron chi connectivity index (χ3n) is 6.13. The van der Waals surface area contributed by atoms with Gasteiger partial charge in [-0.1, -0.05) is 66.9 Å². The van der Waals surface area contributed by atoms with Gasteiger partial charge in [0, 0.05) is 18.4 Å². The van der Waals surface area contributed by atoms with E-state index in [2.05, 4.69) is 23.1 Å². The molecule has 2 aromatic carbocycles. The van der Waals surface area contributed by atoms with E-state index in [0.29, 0.717) is 33.7 Å². The molecule has 1 saturated carbocycles. The minimum absolute atomic E-state index is 0.00623. The number of carbonyl (C=O) groups excluding carboxylic acids is 1. The van der Waals surface area contributed by atoms with Gasteiger partial charge in [0.1, 0.15) is 13.2 Å². The first kappa shape index (κ1) is 27.8. The molecule has 5 nitrogen and oxygen atoms in total. The summed E-state index contributed by atoms with van der Waals surface area (Å²) in [6.45, 7) is 2.29. The summed E-state index contributed by atoms with van der Waals surface area (Å²) in [5.74, 6) is 9.54. The minimum Gasteiger partial charge on any atom is -0.493 e. The Morgan fingerprint density at radius 3 is 2.61 bits per heavy atom. The molecule has 0 aliphatic heterocycles. The maximum absolute atomic E-state index is 13.4. The van der Waals surface area contributed by atoms with E-state index in [9.17, 15) is 4.79 Å². The number of benzene rings is 2. The van der Waals surface area contributed by atoms with E-state index in [-0.39, 0.29) is 24.5 Å². The zero-order chi connectivity index (χ0) is 25.9. The average Bonchev–Trinajstić information content (AvgIpc) is 2.89. The maximum atomic E-state index is 13.4. The number of methoxy groups -OCH3 is 1. The van der Waals surface area contributed by atoms with Crippen molar-refractivity contribution in [2.24, 2.45) is 0 Å². The second kappa shape index (κ2) is 14.0. The monoisotopic (exact) mass is 527 g/mol. The van der Waals surface area contributed by atoms with Crippen molar-refractivity contribution in [3.8, 4) is 35.7 Å². The van der Waals surface area contributed by atoms with Crippen LogP contribution in [0.25, 0.3) is 0 Å². The number of ether oxygens (including phenoxy) is 3. The molecule has 1 amide bonds. The van der Waals surface area contributed by atoms with Crippen LogP contribution in [-0.4, -0.2) is 32.3 Å². The molecule has 1 aliphatic rings. The van der Waals surface area contributed by atoms with Gasteiger partial charge in [0.2, 0.25) is 0 Å². The van der Waals surface area contributed by atoms with E-state index in [0.717, 1.165) is 37.7 Å². The van der Waals surface area contributed by atoms with E-state index >= 15 is 0 Å². The Bertz CT molecular complexity index is 1150. The highest BCUT2D eigenvalue weighted by atomic mass is 35.5. The predicted octanol–water partition coefficient (Wildman–Crippen LogP) is 6.33. The quantitative estimate of drug-likeness (QED) is 0.387. The molecule has 0 bridgehead atoms. The molecule has 1 N–H and O–H groups in total. The highest BCUT2D eigenvalue weighted by Gasteiger charge is 2.31. The van der Waals surface area contributed by atoms with Gasteiger partial charge in [-0.25, -0.2) is 0 Å². The minimum atomic E-state index is -0.895. The first-order chi connectivity index (χ1) is 17.5. The van der Waals surface area contributed by atoms with Gasteiger partial charge in [-0.05, 0) is 48.2 Å². The molecular formula is C29H31Cl2NO4. The summed E-state index contributed by atoms with van der Waals surface area (Å²) in [5.41, 5.74) is 1.68. The Labute approximate surface area is 223 Å².